The van der Waals surface area contributed by atoms with Crippen LogP contribution in [0.1, 0.15) is 27.9 Å². The number of carbonyl (C=O) groups is 1. The lowest BCUT2D eigenvalue weighted by Crippen LogP contribution is -2.06. The van der Waals surface area contributed by atoms with Gasteiger partial charge in [0.1, 0.15) is 12.4 Å². The molecule has 21 heavy (non-hydrogen) atoms. The minimum absolute atomic E-state index is 0.153. The molecular formula is C16H14F2O3. The van der Waals surface area contributed by atoms with Gasteiger partial charge in [-0.3, -0.25) is 0 Å². The molecule has 2 aromatic carbocycles. The van der Waals surface area contributed by atoms with Crippen LogP contribution in [0.25, 0.3) is 0 Å². The molecule has 0 unspecified atom stereocenters. The molecule has 0 saturated heterocycles. The monoisotopic (exact) mass is 292 g/mol. The first-order chi connectivity index (χ1) is 10.1. The van der Waals surface area contributed by atoms with Gasteiger partial charge in [0, 0.05) is 5.56 Å². The van der Waals surface area contributed by atoms with Crippen molar-refractivity contribution in [1.82, 2.24) is 0 Å². The summed E-state index contributed by atoms with van der Waals surface area (Å²) in [6, 6.07) is 13.3. The summed E-state index contributed by atoms with van der Waals surface area (Å²) in [5.74, 6) is -0.512. The molecule has 0 aliphatic rings. The van der Waals surface area contributed by atoms with E-state index >= 15 is 0 Å². The molecule has 0 N–H and O–H groups in total. The highest BCUT2D eigenvalue weighted by molar-refractivity contribution is 5.91. The van der Waals surface area contributed by atoms with Crippen LogP contribution >= 0.6 is 0 Å². The van der Waals surface area contributed by atoms with Gasteiger partial charge < -0.3 is 9.47 Å². The van der Waals surface area contributed by atoms with Gasteiger partial charge in [-0.1, -0.05) is 30.3 Å². The highest BCUT2D eigenvalue weighted by atomic mass is 19.3. The number of alkyl halides is 2. The summed E-state index contributed by atoms with van der Waals surface area (Å²) in [6.07, 6.45) is -2.78. The Morgan fingerprint density at radius 2 is 1.86 bits per heavy atom. The van der Waals surface area contributed by atoms with Crippen molar-refractivity contribution in [2.24, 2.45) is 0 Å². The molecule has 0 aliphatic carbocycles. The second-order valence-electron chi connectivity index (χ2n) is 4.32. The van der Waals surface area contributed by atoms with E-state index in [1.165, 1.54) is 18.2 Å². The second kappa shape index (κ2) is 6.83. The predicted molar refractivity (Wildman–Crippen MR) is 73.5 cm³/mol. The van der Waals surface area contributed by atoms with E-state index < -0.39 is 18.0 Å². The normalized spacial score (nSPS) is 10.5. The standard InChI is InChI=1S/C16H14F2O3/c1-20-16(19)13-8-7-12(9-14(13)15(17)18)21-10-11-5-3-2-4-6-11/h2-9,15H,10H2,1H3. The molecule has 5 heteroatoms. The molecule has 2 rings (SSSR count). The summed E-state index contributed by atoms with van der Waals surface area (Å²) in [4.78, 5) is 11.4. The zero-order valence-corrected chi connectivity index (χ0v) is 11.4. The minimum Gasteiger partial charge on any atom is -0.489 e. The molecule has 0 amide bonds. The average molecular weight is 292 g/mol. The molecule has 2 aromatic rings. The quantitative estimate of drug-likeness (QED) is 0.782. The molecule has 110 valence electrons. The van der Waals surface area contributed by atoms with Crippen molar-refractivity contribution in [2.75, 3.05) is 7.11 Å². The Balaban J connectivity index is 2.18. The highest BCUT2D eigenvalue weighted by Gasteiger charge is 2.19. The summed E-state index contributed by atoms with van der Waals surface area (Å²) in [6.45, 7) is 0.265. The first kappa shape index (κ1) is 15.0. The third-order valence-electron chi connectivity index (χ3n) is 2.91. The maximum absolute atomic E-state index is 13.0. The third-order valence-corrected chi connectivity index (χ3v) is 2.91. The van der Waals surface area contributed by atoms with Gasteiger partial charge in [-0.2, -0.15) is 0 Å². The molecule has 0 heterocycles. The van der Waals surface area contributed by atoms with Gasteiger partial charge in [0.15, 0.2) is 0 Å². The number of methoxy groups -OCH3 is 1. The first-order valence-corrected chi connectivity index (χ1v) is 6.29. The molecule has 0 bridgehead atoms. The van der Waals surface area contributed by atoms with E-state index in [1.807, 2.05) is 30.3 Å². The maximum atomic E-state index is 13.0. The van der Waals surface area contributed by atoms with Crippen molar-refractivity contribution in [3.8, 4) is 5.75 Å². The molecule has 0 aliphatic heterocycles. The van der Waals surface area contributed by atoms with Crippen LogP contribution in [0, 0.1) is 0 Å². The van der Waals surface area contributed by atoms with Crippen LogP contribution in [0.5, 0.6) is 5.75 Å². The first-order valence-electron chi connectivity index (χ1n) is 6.29. The van der Waals surface area contributed by atoms with E-state index in [9.17, 15) is 13.6 Å². The second-order valence-corrected chi connectivity index (χ2v) is 4.32. The van der Waals surface area contributed by atoms with Crippen LogP contribution in [0.4, 0.5) is 8.78 Å². The summed E-state index contributed by atoms with van der Waals surface area (Å²) in [5.41, 5.74) is 0.375. The number of halogens is 2. The van der Waals surface area contributed by atoms with Crippen LogP contribution < -0.4 is 4.74 Å². The molecule has 0 aromatic heterocycles. The smallest absolute Gasteiger partial charge is 0.338 e. The van der Waals surface area contributed by atoms with Crippen molar-refractivity contribution >= 4 is 5.97 Å². The maximum Gasteiger partial charge on any atom is 0.338 e. The number of esters is 1. The highest BCUT2D eigenvalue weighted by Crippen LogP contribution is 2.28. The molecule has 3 nitrogen and oxygen atoms in total. The summed E-state index contributed by atoms with van der Waals surface area (Å²) in [5, 5.41) is 0. The summed E-state index contributed by atoms with van der Waals surface area (Å²) in [7, 11) is 1.15. The molecule has 0 fully saturated rings. The van der Waals surface area contributed by atoms with Gasteiger partial charge in [-0.05, 0) is 23.8 Å². The van der Waals surface area contributed by atoms with Gasteiger partial charge in [0.2, 0.25) is 0 Å². The van der Waals surface area contributed by atoms with E-state index in [0.717, 1.165) is 12.7 Å². The number of hydrogen-bond donors (Lipinski definition) is 0. The molecule has 0 radical (unpaired) electrons. The van der Waals surface area contributed by atoms with Gasteiger partial charge in [0.05, 0.1) is 12.7 Å². The number of carbonyl (C=O) groups excluding carboxylic acids is 1. The Hall–Kier alpha value is -2.43. The summed E-state index contributed by atoms with van der Waals surface area (Å²) < 4.78 is 36.0. The Labute approximate surface area is 121 Å². The van der Waals surface area contributed by atoms with E-state index in [-0.39, 0.29) is 17.9 Å². The predicted octanol–water partition coefficient (Wildman–Crippen LogP) is 3.99. The molecule has 0 saturated carbocycles. The van der Waals surface area contributed by atoms with Crippen LogP contribution in [-0.2, 0) is 11.3 Å². The minimum atomic E-state index is -2.78. The van der Waals surface area contributed by atoms with Gasteiger partial charge in [-0.25, -0.2) is 13.6 Å². The van der Waals surface area contributed by atoms with Gasteiger partial charge in [0.25, 0.3) is 6.43 Å². The fraction of sp³-hybridized carbons (Fsp3) is 0.188. The van der Waals surface area contributed by atoms with E-state index in [1.54, 1.807) is 0 Å². The Kier molecular flexibility index (Phi) is 4.87. The van der Waals surface area contributed by atoms with Crippen molar-refractivity contribution in [1.29, 1.82) is 0 Å². The Bertz CT molecular complexity index is 612. The van der Waals surface area contributed by atoms with Crippen LogP contribution in [0.2, 0.25) is 0 Å². The molecule has 0 spiro atoms. The van der Waals surface area contributed by atoms with Crippen molar-refractivity contribution in [3.63, 3.8) is 0 Å². The summed E-state index contributed by atoms with van der Waals surface area (Å²) >= 11 is 0. The van der Waals surface area contributed by atoms with Crippen LogP contribution in [0.15, 0.2) is 48.5 Å². The zero-order chi connectivity index (χ0) is 15.2. The number of rotatable bonds is 5. The zero-order valence-electron chi connectivity index (χ0n) is 11.4. The lowest BCUT2D eigenvalue weighted by atomic mass is 10.1. The molecule has 0 atom stereocenters. The van der Waals surface area contributed by atoms with E-state index in [4.69, 9.17) is 4.74 Å². The largest absolute Gasteiger partial charge is 0.489 e. The van der Waals surface area contributed by atoms with Crippen molar-refractivity contribution in [3.05, 3.63) is 65.2 Å². The van der Waals surface area contributed by atoms with E-state index in [2.05, 4.69) is 4.74 Å². The fourth-order valence-electron chi connectivity index (χ4n) is 1.85. The van der Waals surface area contributed by atoms with Crippen molar-refractivity contribution < 1.29 is 23.0 Å². The SMILES string of the molecule is COC(=O)c1ccc(OCc2ccccc2)cc1C(F)F. The van der Waals surface area contributed by atoms with Crippen molar-refractivity contribution in [2.45, 2.75) is 13.0 Å². The fourth-order valence-corrected chi connectivity index (χ4v) is 1.85. The molecular weight excluding hydrogens is 278 g/mol. The number of hydrogen-bond acceptors (Lipinski definition) is 3. The third kappa shape index (κ3) is 3.78. The lowest BCUT2D eigenvalue weighted by Gasteiger charge is -2.11. The Morgan fingerprint density at radius 3 is 2.48 bits per heavy atom. The van der Waals surface area contributed by atoms with Gasteiger partial charge in [-0.15, -0.1) is 0 Å². The number of benzene rings is 2. The van der Waals surface area contributed by atoms with E-state index in [0.29, 0.717) is 0 Å². The topological polar surface area (TPSA) is 35.5 Å². The van der Waals surface area contributed by atoms with Gasteiger partial charge >= 0.3 is 5.97 Å². The Morgan fingerprint density at radius 1 is 1.14 bits per heavy atom. The van der Waals surface area contributed by atoms with Crippen LogP contribution in [0.3, 0.4) is 0 Å². The lowest BCUT2D eigenvalue weighted by molar-refractivity contribution is 0.0589. The van der Waals surface area contributed by atoms with Crippen LogP contribution in [-0.4, -0.2) is 13.1 Å². The number of ether oxygens (including phenoxy) is 2. The average Bonchev–Trinajstić information content (AvgIpc) is 2.52.